The Morgan fingerprint density at radius 2 is 2.07 bits per heavy atom. The highest BCUT2D eigenvalue weighted by molar-refractivity contribution is 5.57. The maximum atomic E-state index is 11.6. The third-order valence-electron chi connectivity index (χ3n) is 1.92. The Kier molecular flexibility index (Phi) is 3.76. The van der Waals surface area contributed by atoms with Gasteiger partial charge in [0.1, 0.15) is 18.8 Å². The zero-order valence-corrected chi connectivity index (χ0v) is 7.17. The van der Waals surface area contributed by atoms with Crippen LogP contribution in [0, 0.1) is 0 Å². The van der Waals surface area contributed by atoms with E-state index in [1.165, 1.54) is 0 Å². The molecule has 0 spiro atoms. The minimum atomic E-state index is -1.98. The van der Waals surface area contributed by atoms with Gasteiger partial charge in [0, 0.05) is 6.42 Å². The van der Waals surface area contributed by atoms with Crippen LogP contribution in [0.1, 0.15) is 6.42 Å². The SMILES string of the molecule is O=C(F)OCC1OC(O)C(O)CC1O. The van der Waals surface area contributed by atoms with Crippen molar-refractivity contribution in [3.8, 4) is 0 Å². The minimum Gasteiger partial charge on any atom is -0.437 e. The van der Waals surface area contributed by atoms with Crippen LogP contribution >= 0.6 is 0 Å². The summed E-state index contributed by atoms with van der Waals surface area (Å²) >= 11 is 0. The lowest BCUT2D eigenvalue weighted by atomic mass is 10.0. The molecule has 0 aromatic heterocycles. The molecule has 4 unspecified atom stereocenters. The molecule has 0 aromatic carbocycles. The first-order valence-corrected chi connectivity index (χ1v) is 4.02. The average molecular weight is 210 g/mol. The zero-order valence-electron chi connectivity index (χ0n) is 7.17. The summed E-state index contributed by atoms with van der Waals surface area (Å²) in [4.78, 5) is 9.80. The van der Waals surface area contributed by atoms with Crippen LogP contribution in [0.4, 0.5) is 9.18 Å². The van der Waals surface area contributed by atoms with Gasteiger partial charge < -0.3 is 24.8 Å². The van der Waals surface area contributed by atoms with Crippen molar-refractivity contribution in [2.75, 3.05) is 6.61 Å². The maximum absolute atomic E-state index is 11.6. The number of rotatable bonds is 2. The Hall–Kier alpha value is -0.760. The predicted octanol–water partition coefficient (Wildman–Crippen LogP) is -1.08. The molecular formula is C7H11FO6. The standard InChI is InChI=1S/C7H11FO6/c8-7(12)13-2-5-3(9)1-4(10)6(11)14-5/h3-6,9-11H,1-2H2. The Morgan fingerprint density at radius 1 is 1.43 bits per heavy atom. The molecule has 0 amide bonds. The second-order valence-corrected chi connectivity index (χ2v) is 2.98. The van der Waals surface area contributed by atoms with Gasteiger partial charge >= 0.3 is 6.22 Å². The quantitative estimate of drug-likeness (QED) is 0.502. The average Bonchev–Trinajstić information content (AvgIpc) is 2.09. The Balaban J connectivity index is 2.40. The van der Waals surface area contributed by atoms with Crippen LogP contribution in [0.5, 0.6) is 0 Å². The molecule has 0 radical (unpaired) electrons. The summed E-state index contributed by atoms with van der Waals surface area (Å²) in [6.07, 6.45) is -6.87. The Morgan fingerprint density at radius 3 is 2.64 bits per heavy atom. The van der Waals surface area contributed by atoms with Gasteiger partial charge in [-0.15, -0.1) is 4.39 Å². The van der Waals surface area contributed by atoms with Gasteiger partial charge in [0.15, 0.2) is 6.29 Å². The lowest BCUT2D eigenvalue weighted by Gasteiger charge is -2.33. The number of aliphatic hydroxyl groups is 3. The predicted molar refractivity (Wildman–Crippen MR) is 40.0 cm³/mol. The van der Waals surface area contributed by atoms with Crippen LogP contribution in [0.25, 0.3) is 0 Å². The summed E-state index contributed by atoms with van der Waals surface area (Å²) < 4.78 is 20.3. The molecule has 82 valence electrons. The van der Waals surface area contributed by atoms with Gasteiger partial charge in [0.25, 0.3) is 0 Å². The normalized spacial score (nSPS) is 38.0. The monoisotopic (exact) mass is 210 g/mol. The van der Waals surface area contributed by atoms with Gasteiger partial charge in [0.05, 0.1) is 6.10 Å². The molecule has 1 heterocycles. The number of aliphatic hydroxyl groups excluding tert-OH is 3. The Labute approximate surface area is 78.9 Å². The van der Waals surface area contributed by atoms with Crippen molar-refractivity contribution in [3.05, 3.63) is 0 Å². The molecular weight excluding hydrogens is 199 g/mol. The second kappa shape index (κ2) is 4.65. The second-order valence-electron chi connectivity index (χ2n) is 2.98. The molecule has 3 N–H and O–H groups in total. The van der Waals surface area contributed by atoms with Gasteiger partial charge in [-0.3, -0.25) is 0 Å². The van der Waals surface area contributed by atoms with Crippen molar-refractivity contribution >= 4 is 6.22 Å². The number of carbonyl (C=O) groups excluding carboxylic acids is 1. The fourth-order valence-corrected chi connectivity index (χ4v) is 1.17. The molecule has 0 aliphatic carbocycles. The van der Waals surface area contributed by atoms with Crippen molar-refractivity contribution in [1.82, 2.24) is 0 Å². The van der Waals surface area contributed by atoms with Gasteiger partial charge in [-0.25, -0.2) is 4.79 Å². The molecule has 1 saturated heterocycles. The van der Waals surface area contributed by atoms with Crippen LogP contribution in [0.2, 0.25) is 0 Å². The lowest BCUT2D eigenvalue weighted by molar-refractivity contribution is -0.251. The van der Waals surface area contributed by atoms with E-state index >= 15 is 0 Å². The zero-order chi connectivity index (χ0) is 10.7. The fourth-order valence-electron chi connectivity index (χ4n) is 1.17. The summed E-state index contributed by atoms with van der Waals surface area (Å²) in [5.41, 5.74) is 0. The highest BCUT2D eigenvalue weighted by Crippen LogP contribution is 2.19. The molecule has 4 atom stereocenters. The van der Waals surface area contributed by atoms with Crippen LogP contribution in [-0.2, 0) is 9.47 Å². The molecule has 14 heavy (non-hydrogen) atoms. The largest absolute Gasteiger partial charge is 0.495 e. The van der Waals surface area contributed by atoms with E-state index in [4.69, 9.17) is 10.2 Å². The molecule has 6 nitrogen and oxygen atoms in total. The van der Waals surface area contributed by atoms with E-state index in [9.17, 15) is 14.3 Å². The van der Waals surface area contributed by atoms with E-state index in [0.717, 1.165) is 0 Å². The van der Waals surface area contributed by atoms with Crippen LogP contribution < -0.4 is 0 Å². The smallest absolute Gasteiger partial charge is 0.437 e. The topological polar surface area (TPSA) is 96.2 Å². The number of halogens is 1. The summed E-state index contributed by atoms with van der Waals surface area (Å²) in [7, 11) is 0. The number of carbonyl (C=O) groups is 1. The molecule has 1 fully saturated rings. The van der Waals surface area contributed by atoms with Crippen molar-refractivity contribution in [1.29, 1.82) is 0 Å². The van der Waals surface area contributed by atoms with Gasteiger partial charge in [-0.05, 0) is 0 Å². The van der Waals surface area contributed by atoms with Crippen LogP contribution in [0.3, 0.4) is 0 Å². The van der Waals surface area contributed by atoms with Crippen molar-refractivity contribution < 1.29 is 34.0 Å². The van der Waals surface area contributed by atoms with Crippen LogP contribution in [-0.4, -0.2) is 52.8 Å². The Bertz CT molecular complexity index is 210. The van der Waals surface area contributed by atoms with Gasteiger partial charge in [-0.1, -0.05) is 0 Å². The van der Waals surface area contributed by atoms with Gasteiger partial charge in [-0.2, -0.15) is 0 Å². The van der Waals surface area contributed by atoms with Crippen molar-refractivity contribution in [2.45, 2.75) is 31.0 Å². The fraction of sp³-hybridized carbons (Fsp3) is 0.857. The van der Waals surface area contributed by atoms with Crippen LogP contribution in [0.15, 0.2) is 0 Å². The van der Waals surface area contributed by atoms with Crippen molar-refractivity contribution in [3.63, 3.8) is 0 Å². The first kappa shape index (κ1) is 11.3. The first-order chi connectivity index (χ1) is 6.50. The summed E-state index contributed by atoms with van der Waals surface area (Å²) in [5, 5.41) is 27.3. The van der Waals surface area contributed by atoms with Crippen molar-refractivity contribution in [2.24, 2.45) is 0 Å². The number of ether oxygens (including phenoxy) is 2. The molecule has 0 bridgehead atoms. The molecule has 1 aliphatic rings. The summed E-state index contributed by atoms with van der Waals surface area (Å²) in [6.45, 7) is -0.500. The lowest BCUT2D eigenvalue weighted by Crippen LogP contribution is -2.49. The van der Waals surface area contributed by atoms with E-state index in [0.29, 0.717) is 0 Å². The van der Waals surface area contributed by atoms with E-state index < -0.39 is 37.4 Å². The van der Waals surface area contributed by atoms with E-state index in [2.05, 4.69) is 9.47 Å². The van der Waals surface area contributed by atoms with E-state index in [1.54, 1.807) is 0 Å². The molecule has 1 aliphatic heterocycles. The minimum absolute atomic E-state index is 0.115. The van der Waals surface area contributed by atoms with E-state index in [-0.39, 0.29) is 6.42 Å². The summed E-state index contributed by atoms with van der Waals surface area (Å²) in [5.74, 6) is 0. The highest BCUT2D eigenvalue weighted by Gasteiger charge is 2.35. The summed E-state index contributed by atoms with van der Waals surface area (Å²) in [6, 6.07) is 0. The maximum Gasteiger partial charge on any atom is 0.495 e. The third kappa shape index (κ3) is 2.88. The molecule has 0 aromatic rings. The third-order valence-corrected chi connectivity index (χ3v) is 1.92. The molecule has 1 rings (SSSR count). The highest BCUT2D eigenvalue weighted by atomic mass is 19.1. The van der Waals surface area contributed by atoms with Gasteiger partial charge in [0.2, 0.25) is 0 Å². The molecule has 0 saturated carbocycles. The van der Waals surface area contributed by atoms with E-state index in [1.807, 2.05) is 0 Å². The number of hydrogen-bond donors (Lipinski definition) is 3. The molecule has 7 heteroatoms. The number of hydrogen-bond acceptors (Lipinski definition) is 6. The first-order valence-electron chi connectivity index (χ1n) is 4.02.